The summed E-state index contributed by atoms with van der Waals surface area (Å²) in [6.45, 7) is 0.268. The number of hydrogen-bond acceptors (Lipinski definition) is 4. The third kappa shape index (κ3) is 3.27. The van der Waals surface area contributed by atoms with E-state index in [1.54, 1.807) is 12.1 Å². The zero-order chi connectivity index (χ0) is 14.7. The second kappa shape index (κ2) is 6.21. The lowest BCUT2D eigenvalue weighted by molar-refractivity contribution is -0.385. The molecule has 0 spiro atoms. The third-order valence-corrected chi connectivity index (χ3v) is 3.32. The second-order valence-electron chi connectivity index (χ2n) is 3.93. The molecule has 0 unspecified atom stereocenters. The summed E-state index contributed by atoms with van der Waals surface area (Å²) < 4.78 is 6.41. The standard InChI is InChI=1S/C13H10BrClN2O3/c14-9-2-1-8(7-16)13(5-9)20-12-4-3-10(15)6-11(12)17(18)19/h1-6H,7,16H2. The van der Waals surface area contributed by atoms with Gasteiger partial charge < -0.3 is 10.5 Å². The Morgan fingerprint density at radius 3 is 2.65 bits per heavy atom. The second-order valence-corrected chi connectivity index (χ2v) is 5.28. The highest BCUT2D eigenvalue weighted by Crippen LogP contribution is 2.35. The van der Waals surface area contributed by atoms with Gasteiger partial charge in [-0.05, 0) is 24.3 Å². The van der Waals surface area contributed by atoms with Gasteiger partial charge in [0.05, 0.1) is 4.92 Å². The molecule has 0 atom stereocenters. The minimum absolute atomic E-state index is 0.118. The van der Waals surface area contributed by atoms with Crippen LogP contribution in [0.2, 0.25) is 5.02 Å². The van der Waals surface area contributed by atoms with Crippen molar-refractivity contribution < 1.29 is 9.66 Å². The minimum atomic E-state index is -0.540. The SMILES string of the molecule is NCc1ccc(Br)cc1Oc1ccc(Cl)cc1[N+](=O)[O-]. The molecule has 0 radical (unpaired) electrons. The van der Waals surface area contributed by atoms with Gasteiger partial charge in [0.2, 0.25) is 5.75 Å². The lowest BCUT2D eigenvalue weighted by Gasteiger charge is -2.11. The molecule has 20 heavy (non-hydrogen) atoms. The summed E-state index contributed by atoms with van der Waals surface area (Å²) in [5.74, 6) is 0.583. The normalized spacial score (nSPS) is 10.3. The highest BCUT2D eigenvalue weighted by Gasteiger charge is 2.17. The van der Waals surface area contributed by atoms with Gasteiger partial charge in [-0.15, -0.1) is 0 Å². The Hall–Kier alpha value is -1.63. The van der Waals surface area contributed by atoms with Gasteiger partial charge in [0.25, 0.3) is 0 Å². The number of nitrogens with zero attached hydrogens (tertiary/aromatic N) is 1. The molecule has 0 bridgehead atoms. The van der Waals surface area contributed by atoms with Gasteiger partial charge in [-0.3, -0.25) is 10.1 Å². The summed E-state index contributed by atoms with van der Waals surface area (Å²) in [5, 5.41) is 11.3. The highest BCUT2D eigenvalue weighted by atomic mass is 79.9. The van der Waals surface area contributed by atoms with Crippen LogP contribution in [0.5, 0.6) is 11.5 Å². The van der Waals surface area contributed by atoms with E-state index in [1.165, 1.54) is 18.2 Å². The molecule has 0 aliphatic carbocycles. The first-order chi connectivity index (χ1) is 9.51. The van der Waals surface area contributed by atoms with Crippen LogP contribution in [0.1, 0.15) is 5.56 Å². The largest absolute Gasteiger partial charge is 0.450 e. The first kappa shape index (κ1) is 14.8. The van der Waals surface area contributed by atoms with Crippen LogP contribution in [0.3, 0.4) is 0 Å². The summed E-state index contributed by atoms with van der Waals surface area (Å²) in [4.78, 5) is 10.5. The van der Waals surface area contributed by atoms with Gasteiger partial charge >= 0.3 is 5.69 Å². The average molecular weight is 358 g/mol. The maximum atomic E-state index is 11.0. The van der Waals surface area contributed by atoms with Crippen molar-refractivity contribution in [2.75, 3.05) is 0 Å². The molecule has 0 aliphatic rings. The first-order valence-corrected chi connectivity index (χ1v) is 6.78. The fraction of sp³-hybridized carbons (Fsp3) is 0.0769. The first-order valence-electron chi connectivity index (χ1n) is 5.61. The van der Waals surface area contributed by atoms with Gasteiger partial charge in [0, 0.05) is 27.7 Å². The Kier molecular flexibility index (Phi) is 4.59. The van der Waals surface area contributed by atoms with Crippen LogP contribution >= 0.6 is 27.5 Å². The molecule has 5 nitrogen and oxygen atoms in total. The molecule has 2 aromatic carbocycles. The fourth-order valence-electron chi connectivity index (χ4n) is 1.63. The van der Waals surface area contributed by atoms with Crippen molar-refractivity contribution in [2.45, 2.75) is 6.54 Å². The molecule has 0 saturated heterocycles. The minimum Gasteiger partial charge on any atom is -0.450 e. The molecule has 0 fully saturated rings. The van der Waals surface area contributed by atoms with Gasteiger partial charge in [-0.2, -0.15) is 0 Å². The van der Waals surface area contributed by atoms with Crippen LogP contribution in [0.15, 0.2) is 40.9 Å². The highest BCUT2D eigenvalue weighted by molar-refractivity contribution is 9.10. The smallest absolute Gasteiger partial charge is 0.313 e. The summed E-state index contributed by atoms with van der Waals surface area (Å²) in [6, 6.07) is 9.57. The predicted octanol–water partition coefficient (Wildman–Crippen LogP) is 4.26. The van der Waals surface area contributed by atoms with E-state index in [1.807, 2.05) is 6.07 Å². The summed E-state index contributed by atoms with van der Waals surface area (Å²) in [6.07, 6.45) is 0. The monoisotopic (exact) mass is 356 g/mol. The Balaban J connectivity index is 2.44. The Bertz CT molecular complexity index is 664. The number of halogens is 2. The number of rotatable bonds is 4. The van der Waals surface area contributed by atoms with Crippen molar-refractivity contribution in [3.63, 3.8) is 0 Å². The van der Waals surface area contributed by atoms with Crippen LogP contribution in [0.25, 0.3) is 0 Å². The van der Waals surface area contributed by atoms with E-state index in [9.17, 15) is 10.1 Å². The van der Waals surface area contributed by atoms with E-state index in [4.69, 9.17) is 22.1 Å². The topological polar surface area (TPSA) is 78.4 Å². The maximum absolute atomic E-state index is 11.0. The van der Waals surface area contributed by atoms with Crippen LogP contribution in [0, 0.1) is 10.1 Å². The lowest BCUT2D eigenvalue weighted by Crippen LogP contribution is -2.00. The molecule has 7 heteroatoms. The van der Waals surface area contributed by atoms with Crippen molar-refractivity contribution in [3.05, 3.63) is 61.6 Å². The van der Waals surface area contributed by atoms with Gasteiger partial charge in [-0.25, -0.2) is 0 Å². The van der Waals surface area contributed by atoms with Gasteiger partial charge in [-0.1, -0.05) is 33.6 Å². The van der Waals surface area contributed by atoms with E-state index in [-0.39, 0.29) is 23.0 Å². The van der Waals surface area contributed by atoms with Crippen molar-refractivity contribution in [2.24, 2.45) is 5.73 Å². The maximum Gasteiger partial charge on any atom is 0.313 e. The molecule has 2 rings (SSSR count). The molecule has 0 heterocycles. The molecule has 2 N–H and O–H groups in total. The number of ether oxygens (including phenoxy) is 1. The molecule has 104 valence electrons. The van der Waals surface area contributed by atoms with Crippen LogP contribution < -0.4 is 10.5 Å². The molecule has 0 aliphatic heterocycles. The van der Waals surface area contributed by atoms with Crippen molar-refractivity contribution in [3.8, 4) is 11.5 Å². The summed E-state index contributed by atoms with van der Waals surface area (Å²) in [7, 11) is 0. The van der Waals surface area contributed by atoms with E-state index in [0.29, 0.717) is 5.75 Å². The number of nitro groups is 1. The molecule has 0 aromatic heterocycles. The van der Waals surface area contributed by atoms with Crippen molar-refractivity contribution in [1.82, 2.24) is 0 Å². The number of benzene rings is 2. The zero-order valence-electron chi connectivity index (χ0n) is 10.2. The number of nitrogens with two attached hydrogens (primary N) is 1. The average Bonchev–Trinajstić information content (AvgIpc) is 2.41. The van der Waals surface area contributed by atoms with Crippen LogP contribution in [0.4, 0.5) is 5.69 Å². The number of nitro benzene ring substituents is 1. The van der Waals surface area contributed by atoms with E-state index in [0.717, 1.165) is 10.0 Å². The molecular weight excluding hydrogens is 348 g/mol. The Morgan fingerprint density at radius 1 is 1.25 bits per heavy atom. The predicted molar refractivity (Wildman–Crippen MR) is 80.2 cm³/mol. The zero-order valence-corrected chi connectivity index (χ0v) is 12.5. The Labute approximate surface area is 128 Å². The fourth-order valence-corrected chi connectivity index (χ4v) is 2.14. The van der Waals surface area contributed by atoms with E-state index in [2.05, 4.69) is 15.9 Å². The van der Waals surface area contributed by atoms with Crippen LogP contribution in [-0.4, -0.2) is 4.92 Å². The number of hydrogen-bond donors (Lipinski definition) is 1. The third-order valence-electron chi connectivity index (χ3n) is 2.59. The van der Waals surface area contributed by atoms with E-state index >= 15 is 0 Å². The molecule has 0 amide bonds. The van der Waals surface area contributed by atoms with Crippen LogP contribution in [-0.2, 0) is 6.54 Å². The van der Waals surface area contributed by atoms with Gasteiger partial charge in [0.1, 0.15) is 5.75 Å². The van der Waals surface area contributed by atoms with Crippen molar-refractivity contribution in [1.29, 1.82) is 0 Å². The quantitative estimate of drug-likeness (QED) is 0.655. The summed E-state index contributed by atoms with van der Waals surface area (Å²) >= 11 is 9.08. The Morgan fingerprint density at radius 2 is 2.00 bits per heavy atom. The molecular formula is C13H10BrClN2O3. The van der Waals surface area contributed by atoms with Gasteiger partial charge in [0.15, 0.2) is 0 Å². The lowest BCUT2D eigenvalue weighted by atomic mass is 10.2. The van der Waals surface area contributed by atoms with Crippen molar-refractivity contribution >= 4 is 33.2 Å². The molecule has 2 aromatic rings. The van der Waals surface area contributed by atoms with E-state index < -0.39 is 4.92 Å². The molecule has 0 saturated carbocycles. The summed E-state index contributed by atoms with van der Waals surface area (Å²) in [5.41, 5.74) is 6.18.